The highest BCUT2D eigenvalue weighted by Gasteiger charge is 2.37. The first-order valence-corrected chi connectivity index (χ1v) is 7.55. The van der Waals surface area contributed by atoms with Crippen molar-refractivity contribution in [1.29, 1.82) is 0 Å². The van der Waals surface area contributed by atoms with Gasteiger partial charge in [-0.1, -0.05) is 51.1 Å². The van der Waals surface area contributed by atoms with Gasteiger partial charge in [-0.2, -0.15) is 0 Å². The molecule has 1 amide bonds. The molecule has 0 spiro atoms. The molecule has 1 fully saturated rings. The minimum Gasteiger partial charge on any atom is -0.342 e. The highest BCUT2D eigenvalue weighted by Crippen LogP contribution is 2.30. The maximum atomic E-state index is 12.8. The molecule has 1 heterocycles. The molecule has 2 rings (SSSR count). The van der Waals surface area contributed by atoms with Crippen LogP contribution in [0.5, 0.6) is 0 Å². The Bertz CT molecular complexity index is 455. The lowest BCUT2D eigenvalue weighted by Crippen LogP contribution is -2.54. The molecular formula is C17H26N2O. The van der Waals surface area contributed by atoms with Gasteiger partial charge in [-0.15, -0.1) is 0 Å². The first-order chi connectivity index (χ1) is 9.45. The van der Waals surface area contributed by atoms with Gasteiger partial charge in [0.15, 0.2) is 0 Å². The number of amides is 1. The number of hydrogen-bond donors (Lipinski definition) is 1. The van der Waals surface area contributed by atoms with E-state index >= 15 is 0 Å². The molecule has 0 bridgehead atoms. The van der Waals surface area contributed by atoms with Gasteiger partial charge in [-0.25, -0.2) is 0 Å². The lowest BCUT2D eigenvalue weighted by molar-refractivity contribution is -0.136. The zero-order chi connectivity index (χ0) is 14.8. The van der Waals surface area contributed by atoms with Gasteiger partial charge in [0.05, 0.1) is 5.92 Å². The standard InChI is InChI=1S/C17H26N2O/c1-4-14(13-8-6-5-7-9-13)16(20)19-11-10-15(18)17(2,3)12-19/h5-9,14-15H,4,10-12,18H2,1-3H3. The van der Waals surface area contributed by atoms with Gasteiger partial charge in [-0.05, 0) is 23.8 Å². The van der Waals surface area contributed by atoms with Gasteiger partial charge in [0.1, 0.15) is 0 Å². The zero-order valence-electron chi connectivity index (χ0n) is 12.8. The van der Waals surface area contributed by atoms with Gasteiger partial charge in [-0.3, -0.25) is 4.79 Å². The maximum absolute atomic E-state index is 12.8. The Labute approximate surface area is 122 Å². The molecule has 0 saturated carbocycles. The van der Waals surface area contributed by atoms with Crippen LogP contribution in [-0.2, 0) is 4.79 Å². The second-order valence-electron chi connectivity index (χ2n) is 6.52. The average Bonchev–Trinajstić information content (AvgIpc) is 2.43. The van der Waals surface area contributed by atoms with Gasteiger partial charge >= 0.3 is 0 Å². The van der Waals surface area contributed by atoms with Crippen molar-refractivity contribution in [1.82, 2.24) is 4.90 Å². The third-order valence-corrected chi connectivity index (χ3v) is 4.53. The molecule has 1 aliphatic heterocycles. The number of rotatable bonds is 3. The molecule has 20 heavy (non-hydrogen) atoms. The van der Waals surface area contributed by atoms with Crippen LogP contribution in [0.2, 0.25) is 0 Å². The van der Waals surface area contributed by atoms with E-state index in [2.05, 4.69) is 20.8 Å². The predicted molar refractivity (Wildman–Crippen MR) is 82.4 cm³/mol. The van der Waals surface area contributed by atoms with Crippen LogP contribution in [0.25, 0.3) is 0 Å². The fraction of sp³-hybridized carbons (Fsp3) is 0.588. The molecule has 2 atom stereocenters. The molecule has 1 saturated heterocycles. The summed E-state index contributed by atoms with van der Waals surface area (Å²) in [4.78, 5) is 14.8. The molecule has 0 radical (unpaired) electrons. The highest BCUT2D eigenvalue weighted by molar-refractivity contribution is 5.83. The molecule has 3 nitrogen and oxygen atoms in total. The van der Waals surface area contributed by atoms with Crippen LogP contribution < -0.4 is 5.73 Å². The fourth-order valence-corrected chi connectivity index (χ4v) is 3.02. The summed E-state index contributed by atoms with van der Waals surface area (Å²) >= 11 is 0. The number of nitrogens with two attached hydrogens (primary N) is 1. The number of carbonyl (C=O) groups is 1. The highest BCUT2D eigenvalue weighted by atomic mass is 16.2. The number of piperidine rings is 1. The van der Waals surface area contributed by atoms with Crippen molar-refractivity contribution in [2.24, 2.45) is 11.1 Å². The second kappa shape index (κ2) is 5.96. The Morgan fingerprint density at radius 3 is 2.60 bits per heavy atom. The quantitative estimate of drug-likeness (QED) is 0.921. The molecule has 1 aromatic rings. The average molecular weight is 274 g/mol. The van der Waals surface area contributed by atoms with Crippen LogP contribution in [0, 0.1) is 5.41 Å². The molecule has 0 aromatic heterocycles. The Balaban J connectivity index is 2.14. The van der Waals surface area contributed by atoms with Crippen LogP contribution in [-0.4, -0.2) is 29.9 Å². The molecule has 0 aliphatic carbocycles. The Kier molecular flexibility index (Phi) is 4.48. The van der Waals surface area contributed by atoms with E-state index in [1.165, 1.54) is 0 Å². The van der Waals surface area contributed by atoms with Crippen LogP contribution in [0.15, 0.2) is 30.3 Å². The van der Waals surface area contributed by atoms with Crippen LogP contribution in [0.3, 0.4) is 0 Å². The number of nitrogens with zero attached hydrogens (tertiary/aromatic N) is 1. The van der Waals surface area contributed by atoms with Crippen molar-refractivity contribution in [2.75, 3.05) is 13.1 Å². The summed E-state index contributed by atoms with van der Waals surface area (Å²) in [6, 6.07) is 10.3. The van der Waals surface area contributed by atoms with Gasteiger partial charge < -0.3 is 10.6 Å². The normalized spacial score (nSPS) is 23.4. The van der Waals surface area contributed by atoms with Crippen LogP contribution >= 0.6 is 0 Å². The summed E-state index contributed by atoms with van der Waals surface area (Å²) in [6.07, 6.45) is 1.73. The molecule has 110 valence electrons. The monoisotopic (exact) mass is 274 g/mol. The van der Waals surface area contributed by atoms with Gasteiger partial charge in [0.2, 0.25) is 5.91 Å². The number of hydrogen-bond acceptors (Lipinski definition) is 2. The van der Waals surface area contributed by atoms with Crippen molar-refractivity contribution in [3.05, 3.63) is 35.9 Å². The molecule has 1 aliphatic rings. The van der Waals surface area contributed by atoms with Crippen molar-refractivity contribution in [3.63, 3.8) is 0 Å². The first-order valence-electron chi connectivity index (χ1n) is 7.55. The first kappa shape index (κ1) is 15.0. The van der Waals surface area contributed by atoms with Crippen molar-refractivity contribution >= 4 is 5.91 Å². The fourth-order valence-electron chi connectivity index (χ4n) is 3.02. The summed E-state index contributed by atoms with van der Waals surface area (Å²) in [6.45, 7) is 7.93. The van der Waals surface area contributed by atoms with E-state index in [0.29, 0.717) is 0 Å². The molecule has 2 N–H and O–H groups in total. The maximum Gasteiger partial charge on any atom is 0.230 e. The third kappa shape index (κ3) is 3.04. The van der Waals surface area contributed by atoms with E-state index in [1.54, 1.807) is 0 Å². The lowest BCUT2D eigenvalue weighted by Gasteiger charge is -2.43. The molecular weight excluding hydrogens is 248 g/mol. The number of carbonyl (C=O) groups excluding carboxylic acids is 1. The SMILES string of the molecule is CCC(C(=O)N1CCC(N)C(C)(C)C1)c1ccccc1. The van der Waals surface area contributed by atoms with E-state index in [-0.39, 0.29) is 23.3 Å². The second-order valence-corrected chi connectivity index (χ2v) is 6.52. The van der Waals surface area contributed by atoms with Crippen LogP contribution in [0.4, 0.5) is 0 Å². The minimum atomic E-state index is -0.0266. The van der Waals surface area contributed by atoms with Gasteiger partial charge in [0.25, 0.3) is 0 Å². The van der Waals surface area contributed by atoms with E-state index < -0.39 is 0 Å². The van der Waals surface area contributed by atoms with Crippen molar-refractivity contribution in [2.45, 2.75) is 45.6 Å². The number of likely N-dealkylation sites (tertiary alicyclic amines) is 1. The van der Waals surface area contributed by atoms with E-state index in [0.717, 1.165) is 31.5 Å². The van der Waals surface area contributed by atoms with Crippen molar-refractivity contribution < 1.29 is 4.79 Å². The van der Waals surface area contributed by atoms with Gasteiger partial charge in [0, 0.05) is 19.1 Å². The van der Waals surface area contributed by atoms with E-state index in [4.69, 9.17) is 5.73 Å². The molecule has 2 unspecified atom stereocenters. The summed E-state index contributed by atoms with van der Waals surface area (Å²) in [5, 5.41) is 0. The molecule has 3 heteroatoms. The van der Waals surface area contributed by atoms with E-state index in [9.17, 15) is 4.79 Å². The Morgan fingerprint density at radius 2 is 2.05 bits per heavy atom. The molecule has 1 aromatic carbocycles. The predicted octanol–water partition coefficient (Wildman–Crippen LogP) is 2.77. The van der Waals surface area contributed by atoms with Crippen LogP contribution in [0.1, 0.15) is 45.1 Å². The van der Waals surface area contributed by atoms with E-state index in [1.807, 2.05) is 35.2 Å². The Hall–Kier alpha value is -1.35. The summed E-state index contributed by atoms with van der Waals surface area (Å²) < 4.78 is 0. The Morgan fingerprint density at radius 1 is 1.40 bits per heavy atom. The summed E-state index contributed by atoms with van der Waals surface area (Å²) in [5.74, 6) is 0.222. The topological polar surface area (TPSA) is 46.3 Å². The number of benzene rings is 1. The summed E-state index contributed by atoms with van der Waals surface area (Å²) in [5.41, 5.74) is 7.28. The third-order valence-electron chi connectivity index (χ3n) is 4.53. The van der Waals surface area contributed by atoms with Crippen molar-refractivity contribution in [3.8, 4) is 0 Å². The lowest BCUT2D eigenvalue weighted by atomic mass is 9.79. The largest absolute Gasteiger partial charge is 0.342 e. The minimum absolute atomic E-state index is 0.00287. The summed E-state index contributed by atoms with van der Waals surface area (Å²) in [7, 11) is 0. The zero-order valence-corrected chi connectivity index (χ0v) is 12.8. The smallest absolute Gasteiger partial charge is 0.230 e.